The van der Waals surface area contributed by atoms with Gasteiger partial charge < -0.3 is 5.32 Å². The second-order valence-electron chi connectivity index (χ2n) is 3.41. The van der Waals surface area contributed by atoms with Gasteiger partial charge in [-0.3, -0.25) is 0 Å². The maximum atomic E-state index is 3.60. The van der Waals surface area contributed by atoms with Gasteiger partial charge in [-0.1, -0.05) is 22.9 Å². The molecule has 1 atom stereocenters. The fraction of sp³-hybridized carbons (Fsp3) is 0.385. The zero-order valence-corrected chi connectivity index (χ0v) is 13.2. The quantitative estimate of drug-likeness (QED) is 0.601. The van der Waals surface area contributed by atoms with Crippen molar-refractivity contribution < 1.29 is 0 Å². The largest absolute Gasteiger partial charge is 0.309 e. The molecule has 16 heavy (non-hydrogen) atoms. The van der Waals surface area contributed by atoms with Gasteiger partial charge >= 0.3 is 0 Å². The van der Waals surface area contributed by atoms with E-state index in [0.717, 1.165) is 17.4 Å². The van der Waals surface area contributed by atoms with E-state index in [2.05, 4.69) is 80.8 Å². The molecule has 0 radical (unpaired) electrons. The third kappa shape index (κ3) is 4.08. The highest BCUT2D eigenvalue weighted by Crippen LogP contribution is 2.27. The molecule has 1 N–H and O–H groups in total. The lowest BCUT2D eigenvalue weighted by Gasteiger charge is -2.17. The first-order chi connectivity index (χ1) is 7.69. The van der Waals surface area contributed by atoms with Crippen LogP contribution in [0.15, 0.2) is 22.7 Å². The summed E-state index contributed by atoms with van der Waals surface area (Å²) in [5.74, 6) is 6.10. The summed E-state index contributed by atoms with van der Waals surface area (Å²) in [5.41, 5.74) is 1.29. The maximum absolute atomic E-state index is 3.60. The van der Waals surface area contributed by atoms with Crippen molar-refractivity contribution in [2.75, 3.05) is 6.54 Å². The van der Waals surface area contributed by atoms with Crippen molar-refractivity contribution in [2.45, 2.75) is 26.3 Å². The Hall–Kier alpha value is -0.0500. The predicted octanol–water partition coefficient (Wildman–Crippen LogP) is 4.12. The van der Waals surface area contributed by atoms with Gasteiger partial charge in [0.15, 0.2) is 0 Å². The SMILES string of the molecule is CC#CCC(NCC)c1cc(I)ccc1Br. The van der Waals surface area contributed by atoms with Crippen molar-refractivity contribution in [1.82, 2.24) is 5.32 Å². The van der Waals surface area contributed by atoms with E-state index in [1.165, 1.54) is 9.13 Å². The Morgan fingerprint density at radius 3 is 2.88 bits per heavy atom. The topological polar surface area (TPSA) is 12.0 Å². The first kappa shape index (κ1) is 14.0. The molecule has 1 nitrogen and oxygen atoms in total. The Morgan fingerprint density at radius 2 is 2.25 bits per heavy atom. The van der Waals surface area contributed by atoms with Gasteiger partial charge in [0, 0.05) is 20.5 Å². The number of benzene rings is 1. The van der Waals surface area contributed by atoms with Crippen LogP contribution in [0.3, 0.4) is 0 Å². The summed E-state index contributed by atoms with van der Waals surface area (Å²) in [5, 5.41) is 3.47. The Morgan fingerprint density at radius 1 is 1.50 bits per heavy atom. The van der Waals surface area contributed by atoms with Crippen LogP contribution in [-0.4, -0.2) is 6.54 Å². The lowest BCUT2D eigenvalue weighted by molar-refractivity contribution is 0.563. The minimum Gasteiger partial charge on any atom is -0.309 e. The minimum absolute atomic E-state index is 0.307. The standard InChI is InChI=1S/C13H15BrIN/c1-3-5-6-13(16-4-2)11-9-10(15)7-8-12(11)14/h7-9,13,16H,4,6H2,1-2H3. The summed E-state index contributed by atoms with van der Waals surface area (Å²) < 4.78 is 2.40. The number of rotatable bonds is 4. The molecule has 0 aliphatic rings. The van der Waals surface area contributed by atoms with Crippen LogP contribution in [0.25, 0.3) is 0 Å². The van der Waals surface area contributed by atoms with E-state index >= 15 is 0 Å². The van der Waals surface area contributed by atoms with Gasteiger partial charge in [0.1, 0.15) is 0 Å². The van der Waals surface area contributed by atoms with Crippen LogP contribution in [0.5, 0.6) is 0 Å². The van der Waals surface area contributed by atoms with Gasteiger partial charge in [0.05, 0.1) is 0 Å². The normalized spacial score (nSPS) is 11.8. The van der Waals surface area contributed by atoms with E-state index < -0.39 is 0 Å². The van der Waals surface area contributed by atoms with Crippen LogP contribution in [0, 0.1) is 15.4 Å². The predicted molar refractivity (Wildman–Crippen MR) is 81.3 cm³/mol. The Kier molecular flexibility index (Phi) is 6.40. The van der Waals surface area contributed by atoms with Gasteiger partial charge in [0.25, 0.3) is 0 Å². The molecule has 0 spiro atoms. The molecule has 0 fully saturated rings. The molecule has 0 aliphatic carbocycles. The summed E-state index contributed by atoms with van der Waals surface area (Å²) in [6, 6.07) is 6.71. The minimum atomic E-state index is 0.307. The highest BCUT2D eigenvalue weighted by molar-refractivity contribution is 14.1. The molecule has 0 aliphatic heterocycles. The zero-order valence-electron chi connectivity index (χ0n) is 9.48. The summed E-state index contributed by atoms with van der Waals surface area (Å²) in [6.07, 6.45) is 0.850. The van der Waals surface area contributed by atoms with Gasteiger partial charge in [-0.2, -0.15) is 0 Å². The average molecular weight is 392 g/mol. The molecule has 3 heteroatoms. The van der Waals surface area contributed by atoms with Crippen LogP contribution in [0.2, 0.25) is 0 Å². The summed E-state index contributed by atoms with van der Waals surface area (Å²) in [7, 11) is 0. The van der Waals surface area contributed by atoms with Crippen LogP contribution in [0.4, 0.5) is 0 Å². The molecule has 1 aromatic rings. The maximum Gasteiger partial charge on any atom is 0.0442 e. The third-order valence-electron chi connectivity index (χ3n) is 2.27. The number of hydrogen-bond acceptors (Lipinski definition) is 1. The van der Waals surface area contributed by atoms with Gasteiger partial charge in [-0.05, 0) is 59.8 Å². The number of hydrogen-bond donors (Lipinski definition) is 1. The molecule has 1 aromatic carbocycles. The number of nitrogens with one attached hydrogen (secondary N) is 1. The summed E-state index contributed by atoms with van der Waals surface area (Å²) in [6.45, 7) is 4.95. The van der Waals surface area contributed by atoms with E-state index in [4.69, 9.17) is 0 Å². The van der Waals surface area contributed by atoms with E-state index in [-0.39, 0.29) is 0 Å². The highest BCUT2D eigenvalue weighted by atomic mass is 127. The van der Waals surface area contributed by atoms with E-state index in [1.807, 2.05) is 6.92 Å². The Balaban J connectivity index is 2.97. The molecule has 0 saturated carbocycles. The molecular weight excluding hydrogens is 377 g/mol. The van der Waals surface area contributed by atoms with Crippen molar-refractivity contribution in [3.05, 3.63) is 31.8 Å². The molecule has 1 unspecified atom stereocenters. The molecule has 0 amide bonds. The van der Waals surface area contributed by atoms with Gasteiger partial charge in [-0.25, -0.2) is 0 Å². The lowest BCUT2D eigenvalue weighted by atomic mass is 10.0. The summed E-state index contributed by atoms with van der Waals surface area (Å²) in [4.78, 5) is 0. The Bertz CT molecular complexity index is 406. The van der Waals surface area contributed by atoms with Crippen LogP contribution in [-0.2, 0) is 0 Å². The monoisotopic (exact) mass is 391 g/mol. The fourth-order valence-electron chi connectivity index (χ4n) is 1.52. The molecule has 0 heterocycles. The molecule has 0 aromatic heterocycles. The van der Waals surface area contributed by atoms with E-state index in [9.17, 15) is 0 Å². The average Bonchev–Trinajstić information content (AvgIpc) is 2.28. The first-order valence-corrected chi connectivity index (χ1v) is 7.14. The molecule has 86 valence electrons. The molecule has 0 bridgehead atoms. The fourth-order valence-corrected chi connectivity index (χ4v) is 2.56. The van der Waals surface area contributed by atoms with Crippen LogP contribution in [0.1, 0.15) is 31.9 Å². The molecule has 1 rings (SSSR count). The van der Waals surface area contributed by atoms with Crippen LogP contribution >= 0.6 is 38.5 Å². The van der Waals surface area contributed by atoms with Crippen molar-refractivity contribution in [3.63, 3.8) is 0 Å². The Labute approximate surface area is 120 Å². The zero-order chi connectivity index (χ0) is 12.0. The second-order valence-corrected chi connectivity index (χ2v) is 5.51. The van der Waals surface area contributed by atoms with Gasteiger partial charge in [0.2, 0.25) is 0 Å². The van der Waals surface area contributed by atoms with Crippen molar-refractivity contribution in [1.29, 1.82) is 0 Å². The van der Waals surface area contributed by atoms with Gasteiger partial charge in [-0.15, -0.1) is 11.8 Å². The van der Waals surface area contributed by atoms with E-state index in [1.54, 1.807) is 0 Å². The summed E-state index contributed by atoms with van der Waals surface area (Å²) >= 11 is 5.94. The van der Waals surface area contributed by atoms with Crippen molar-refractivity contribution in [2.24, 2.45) is 0 Å². The lowest BCUT2D eigenvalue weighted by Crippen LogP contribution is -2.21. The molecular formula is C13H15BrIN. The first-order valence-electron chi connectivity index (χ1n) is 5.27. The third-order valence-corrected chi connectivity index (χ3v) is 3.66. The molecule has 0 saturated heterocycles. The van der Waals surface area contributed by atoms with Crippen molar-refractivity contribution >= 4 is 38.5 Å². The van der Waals surface area contributed by atoms with Crippen molar-refractivity contribution in [3.8, 4) is 11.8 Å². The number of halogens is 2. The second kappa shape index (κ2) is 7.31. The van der Waals surface area contributed by atoms with Crippen LogP contribution < -0.4 is 5.32 Å². The van der Waals surface area contributed by atoms with E-state index in [0.29, 0.717) is 6.04 Å². The smallest absolute Gasteiger partial charge is 0.0442 e. The highest BCUT2D eigenvalue weighted by Gasteiger charge is 2.12.